The first-order valence-electron chi connectivity index (χ1n) is 5.99. The van der Waals surface area contributed by atoms with Crippen LogP contribution in [0.1, 0.15) is 41.5 Å². The minimum atomic E-state index is -0.919. The van der Waals surface area contributed by atoms with Gasteiger partial charge >= 0.3 is 12.2 Å². The van der Waals surface area contributed by atoms with Crippen LogP contribution < -0.4 is 0 Å². The summed E-state index contributed by atoms with van der Waals surface area (Å²) in [6.45, 7) is 9.60. The van der Waals surface area contributed by atoms with Gasteiger partial charge in [0.25, 0.3) is 6.29 Å². The SMILES string of the molecule is CC(C)(C)OC(=O)[N+](C)(C[C]=O)C(=O)OC(C)(C)C. The molecule has 0 atom stereocenters. The Morgan fingerprint density at radius 1 is 0.947 bits per heavy atom. The smallest absolute Gasteiger partial charge is 0.414 e. The molecule has 0 unspecified atom stereocenters. The molecule has 0 aliphatic rings. The van der Waals surface area contributed by atoms with Gasteiger partial charge in [-0.2, -0.15) is 9.59 Å². The molecule has 0 spiro atoms. The van der Waals surface area contributed by atoms with Gasteiger partial charge in [0, 0.05) is 0 Å². The van der Waals surface area contributed by atoms with Gasteiger partial charge in [-0.05, 0) is 41.5 Å². The van der Waals surface area contributed by atoms with Crippen molar-refractivity contribution >= 4 is 18.5 Å². The van der Waals surface area contributed by atoms with E-state index >= 15 is 0 Å². The summed E-state index contributed by atoms with van der Waals surface area (Å²) in [6.07, 6.45) is -0.123. The van der Waals surface area contributed by atoms with E-state index in [0.717, 1.165) is 0 Å². The van der Waals surface area contributed by atoms with Crippen molar-refractivity contribution in [3.63, 3.8) is 0 Å². The molecule has 0 fully saturated rings. The van der Waals surface area contributed by atoms with E-state index in [0.29, 0.717) is 0 Å². The molecule has 0 bridgehead atoms. The predicted octanol–water partition coefficient (Wildman–Crippen LogP) is 2.41. The normalized spacial score (nSPS) is 12.8. The second-order valence-electron chi connectivity index (χ2n) is 6.45. The summed E-state index contributed by atoms with van der Waals surface area (Å²) < 4.78 is 9.37. The van der Waals surface area contributed by atoms with Crippen molar-refractivity contribution in [2.24, 2.45) is 0 Å². The molecule has 0 saturated carbocycles. The van der Waals surface area contributed by atoms with Crippen LogP contribution in [0, 0.1) is 0 Å². The Morgan fingerprint density at radius 3 is 1.47 bits per heavy atom. The van der Waals surface area contributed by atoms with E-state index in [4.69, 9.17) is 9.47 Å². The third-order valence-electron chi connectivity index (χ3n) is 1.97. The number of rotatable bonds is 2. The second-order valence-corrected chi connectivity index (χ2v) is 6.45. The summed E-state index contributed by atoms with van der Waals surface area (Å²) in [5.74, 6) is 0. The van der Waals surface area contributed by atoms with Crippen molar-refractivity contribution in [3.8, 4) is 0 Å². The molecule has 6 nitrogen and oxygen atoms in total. The number of imide groups is 1. The maximum atomic E-state index is 12.1. The van der Waals surface area contributed by atoms with Gasteiger partial charge in [-0.15, -0.1) is 4.48 Å². The van der Waals surface area contributed by atoms with E-state index in [1.807, 2.05) is 0 Å². The minimum Gasteiger partial charge on any atom is -0.414 e. The number of nitrogens with zero attached hydrogens (tertiary/aromatic N) is 1. The van der Waals surface area contributed by atoms with Crippen LogP contribution in [0.2, 0.25) is 0 Å². The first-order chi connectivity index (χ1) is 8.32. The number of quaternary nitrogens is 1. The number of hydrogen-bond donors (Lipinski definition) is 0. The quantitative estimate of drug-likeness (QED) is 0.723. The molecule has 0 aromatic rings. The Balaban J connectivity index is 5.19. The van der Waals surface area contributed by atoms with Crippen LogP contribution in [0.3, 0.4) is 0 Å². The van der Waals surface area contributed by atoms with Crippen LogP contribution in [0.25, 0.3) is 0 Å². The fourth-order valence-corrected chi connectivity index (χ4v) is 1.06. The van der Waals surface area contributed by atoms with Gasteiger partial charge in [-0.25, -0.2) is 0 Å². The van der Waals surface area contributed by atoms with Crippen molar-refractivity contribution < 1.29 is 28.3 Å². The number of amides is 2. The average molecular weight is 273 g/mol. The van der Waals surface area contributed by atoms with Crippen LogP contribution in [0.15, 0.2) is 0 Å². The van der Waals surface area contributed by atoms with Gasteiger partial charge in [0.15, 0.2) is 6.54 Å². The topological polar surface area (TPSA) is 69.7 Å². The van der Waals surface area contributed by atoms with Crippen LogP contribution in [-0.2, 0) is 14.3 Å². The zero-order valence-electron chi connectivity index (χ0n) is 12.7. The van der Waals surface area contributed by atoms with E-state index < -0.39 is 34.4 Å². The molecule has 0 saturated heterocycles. The van der Waals surface area contributed by atoms with Crippen molar-refractivity contribution in [1.29, 1.82) is 0 Å². The van der Waals surface area contributed by atoms with Crippen molar-refractivity contribution in [3.05, 3.63) is 0 Å². The van der Waals surface area contributed by atoms with E-state index in [2.05, 4.69) is 0 Å². The van der Waals surface area contributed by atoms with Gasteiger partial charge in [-0.3, -0.25) is 4.79 Å². The Kier molecular flexibility index (Phi) is 5.26. The summed E-state index contributed by atoms with van der Waals surface area (Å²) in [7, 11) is 1.27. The molecule has 0 rings (SSSR count). The highest BCUT2D eigenvalue weighted by atomic mass is 16.6. The summed E-state index contributed by atoms with van der Waals surface area (Å²) in [4.78, 5) is 34.7. The van der Waals surface area contributed by atoms with Gasteiger partial charge in [0.05, 0.1) is 7.05 Å². The molecule has 0 heterocycles. The van der Waals surface area contributed by atoms with Crippen molar-refractivity contribution in [2.45, 2.75) is 52.7 Å². The summed E-state index contributed by atoms with van der Waals surface area (Å²) in [5.41, 5.74) is -1.52. The van der Waals surface area contributed by atoms with Gasteiger partial charge in [0.1, 0.15) is 11.2 Å². The first kappa shape index (κ1) is 17.6. The van der Waals surface area contributed by atoms with E-state index in [1.54, 1.807) is 47.8 Å². The van der Waals surface area contributed by atoms with Crippen LogP contribution >= 0.6 is 0 Å². The minimum absolute atomic E-state index is 0.455. The third-order valence-corrected chi connectivity index (χ3v) is 1.97. The maximum Gasteiger partial charge on any atom is 0.527 e. The lowest BCUT2D eigenvalue weighted by Gasteiger charge is -2.30. The van der Waals surface area contributed by atoms with Gasteiger partial charge in [-0.1, -0.05) is 0 Å². The second kappa shape index (κ2) is 5.69. The molecular weight excluding hydrogens is 250 g/mol. The number of carbonyl (C=O) groups excluding carboxylic acids is 3. The Bertz CT molecular complexity index is 334. The van der Waals surface area contributed by atoms with Crippen LogP contribution in [-0.4, -0.2) is 47.8 Å². The molecule has 0 aliphatic carbocycles. The highest BCUT2D eigenvalue weighted by Gasteiger charge is 2.47. The van der Waals surface area contributed by atoms with Gasteiger partial charge in [0.2, 0.25) is 0 Å². The molecule has 0 aliphatic heterocycles. The van der Waals surface area contributed by atoms with E-state index in [9.17, 15) is 14.4 Å². The molecule has 1 radical (unpaired) electrons. The molecular formula is C13H23NO5+. The average Bonchev–Trinajstić information content (AvgIpc) is 2.12. The van der Waals surface area contributed by atoms with Crippen LogP contribution in [0.5, 0.6) is 0 Å². The molecule has 0 aromatic heterocycles. The predicted molar refractivity (Wildman–Crippen MR) is 69.2 cm³/mol. The lowest BCUT2D eigenvalue weighted by atomic mass is 10.2. The monoisotopic (exact) mass is 273 g/mol. The Hall–Kier alpha value is -1.43. The summed E-state index contributed by atoms with van der Waals surface area (Å²) >= 11 is 0. The zero-order valence-corrected chi connectivity index (χ0v) is 12.7. The molecule has 0 aromatic carbocycles. The van der Waals surface area contributed by atoms with Crippen LogP contribution in [0.4, 0.5) is 9.59 Å². The summed E-state index contributed by atoms with van der Waals surface area (Å²) in [6, 6.07) is 0. The molecule has 6 heteroatoms. The number of ether oxygens (including phenoxy) is 2. The van der Waals surface area contributed by atoms with Crippen molar-refractivity contribution in [2.75, 3.05) is 13.6 Å². The fourth-order valence-electron chi connectivity index (χ4n) is 1.06. The standard InChI is InChI=1S/C13H23NO5/c1-12(2,3)18-10(16)14(7,8-9-15)11(17)19-13(4,5)6/h8H2,1-7H3/q+1. The van der Waals surface area contributed by atoms with Gasteiger partial charge < -0.3 is 9.47 Å². The highest BCUT2D eigenvalue weighted by molar-refractivity contribution is 5.78. The summed E-state index contributed by atoms with van der Waals surface area (Å²) in [5, 5.41) is 0. The first-order valence-corrected chi connectivity index (χ1v) is 5.99. The van der Waals surface area contributed by atoms with E-state index in [-0.39, 0.29) is 0 Å². The lowest BCUT2D eigenvalue weighted by Crippen LogP contribution is -2.57. The zero-order chi connectivity index (χ0) is 15.5. The van der Waals surface area contributed by atoms with Crippen molar-refractivity contribution in [1.82, 2.24) is 0 Å². The number of carbonyl (C=O) groups is 2. The highest BCUT2D eigenvalue weighted by Crippen LogP contribution is 2.19. The number of hydrogen-bond acceptors (Lipinski definition) is 5. The molecule has 109 valence electrons. The molecule has 2 amide bonds. The Labute approximate surface area is 114 Å². The Morgan fingerprint density at radius 2 is 1.26 bits per heavy atom. The largest absolute Gasteiger partial charge is 0.527 e. The number of likely N-dealkylation sites (N-methyl/N-ethyl adjacent to an activating group) is 1. The fraction of sp³-hybridized carbons (Fsp3) is 0.769. The molecule has 19 heavy (non-hydrogen) atoms. The van der Waals surface area contributed by atoms with E-state index in [1.165, 1.54) is 7.05 Å². The maximum absolute atomic E-state index is 12.1. The lowest BCUT2D eigenvalue weighted by molar-refractivity contribution is -0.756. The molecule has 0 N–H and O–H groups in total. The third kappa shape index (κ3) is 5.83.